The molecule has 0 bridgehead atoms. The molecule has 3 N–H and O–H groups in total. The van der Waals surface area contributed by atoms with E-state index in [1.807, 2.05) is 0 Å². The molecule has 1 aromatic rings. The Hall–Kier alpha value is -1.58. The van der Waals surface area contributed by atoms with Gasteiger partial charge in [0.15, 0.2) is 0 Å². The van der Waals surface area contributed by atoms with Crippen LogP contribution >= 0.6 is 0 Å². The van der Waals surface area contributed by atoms with E-state index in [0.717, 1.165) is 12.1 Å². The number of hydrogen-bond donors (Lipinski definition) is 2. The van der Waals surface area contributed by atoms with Crippen LogP contribution in [0.15, 0.2) is 23.1 Å². The van der Waals surface area contributed by atoms with Crippen LogP contribution < -0.4 is 10.5 Å². The molecule has 17 heavy (non-hydrogen) atoms. The average molecular weight is 256 g/mol. The Balaban J connectivity index is 3.06. The predicted octanol–water partition coefficient (Wildman–Crippen LogP) is 1.10. The van der Waals surface area contributed by atoms with Crippen LogP contribution in [-0.2, 0) is 10.0 Å². The number of hydrogen-bond acceptors (Lipinski definition) is 3. The molecule has 0 saturated carbocycles. The summed E-state index contributed by atoms with van der Waals surface area (Å²) in [5.41, 5.74) is 5.49. The van der Waals surface area contributed by atoms with Crippen LogP contribution in [0.25, 0.3) is 0 Å². The van der Waals surface area contributed by atoms with Crippen LogP contribution in [0, 0.1) is 18.2 Å². The van der Waals surface area contributed by atoms with Gasteiger partial charge in [-0.3, -0.25) is 0 Å². The van der Waals surface area contributed by atoms with Gasteiger partial charge in [-0.15, -0.1) is 12.3 Å². The molecular weight excluding hydrogens is 243 g/mol. The summed E-state index contributed by atoms with van der Waals surface area (Å²) in [5, 5.41) is 0. The second-order valence-corrected chi connectivity index (χ2v) is 5.30. The van der Waals surface area contributed by atoms with Crippen molar-refractivity contribution in [2.24, 2.45) is 0 Å². The molecule has 0 heterocycles. The smallest absolute Gasteiger partial charge is 0.242 e. The Morgan fingerprint density at radius 1 is 1.59 bits per heavy atom. The van der Waals surface area contributed by atoms with E-state index in [1.54, 1.807) is 6.92 Å². The summed E-state index contributed by atoms with van der Waals surface area (Å²) in [7, 11) is -3.85. The number of sulfonamides is 1. The minimum absolute atomic E-state index is 0.00759. The molecule has 92 valence electrons. The van der Waals surface area contributed by atoms with E-state index >= 15 is 0 Å². The highest BCUT2D eigenvalue weighted by Gasteiger charge is 2.20. The van der Waals surface area contributed by atoms with Gasteiger partial charge in [0.25, 0.3) is 0 Å². The Morgan fingerprint density at radius 2 is 2.24 bits per heavy atom. The Bertz CT molecular complexity index is 549. The number of halogens is 1. The topological polar surface area (TPSA) is 72.2 Å². The van der Waals surface area contributed by atoms with Crippen molar-refractivity contribution in [3.8, 4) is 12.3 Å². The first kappa shape index (κ1) is 13.5. The van der Waals surface area contributed by atoms with Crippen molar-refractivity contribution in [2.45, 2.75) is 24.3 Å². The van der Waals surface area contributed by atoms with Gasteiger partial charge in [0, 0.05) is 12.5 Å². The molecule has 0 saturated heterocycles. The van der Waals surface area contributed by atoms with Crippen LogP contribution in [-0.4, -0.2) is 14.5 Å². The first-order valence-corrected chi connectivity index (χ1v) is 6.36. The molecular formula is C11H13FN2O2S. The predicted molar refractivity (Wildman–Crippen MR) is 64.0 cm³/mol. The zero-order valence-electron chi connectivity index (χ0n) is 9.27. The first-order chi connectivity index (χ1) is 7.86. The third-order valence-electron chi connectivity index (χ3n) is 2.05. The van der Waals surface area contributed by atoms with Crippen molar-refractivity contribution in [2.75, 3.05) is 5.73 Å². The van der Waals surface area contributed by atoms with E-state index in [4.69, 9.17) is 12.2 Å². The summed E-state index contributed by atoms with van der Waals surface area (Å²) >= 11 is 0. The van der Waals surface area contributed by atoms with Gasteiger partial charge in [0.05, 0.1) is 5.69 Å². The lowest BCUT2D eigenvalue weighted by Gasteiger charge is -2.13. The minimum atomic E-state index is -3.85. The molecule has 1 aromatic carbocycles. The second-order valence-electron chi connectivity index (χ2n) is 3.61. The van der Waals surface area contributed by atoms with Gasteiger partial charge in [0.2, 0.25) is 10.0 Å². The summed E-state index contributed by atoms with van der Waals surface area (Å²) < 4.78 is 39.0. The Morgan fingerprint density at radius 3 is 2.82 bits per heavy atom. The van der Waals surface area contributed by atoms with E-state index in [-0.39, 0.29) is 17.0 Å². The zero-order chi connectivity index (χ0) is 13.1. The SMILES string of the molecule is C#CCC(C)NS(=O)(=O)c1cc(F)ccc1N. The van der Waals surface area contributed by atoms with Gasteiger partial charge < -0.3 is 5.73 Å². The fourth-order valence-corrected chi connectivity index (χ4v) is 2.67. The third-order valence-corrected chi connectivity index (χ3v) is 3.69. The Labute approximate surface area is 100 Å². The lowest BCUT2D eigenvalue weighted by atomic mass is 10.3. The second kappa shape index (κ2) is 5.17. The maximum absolute atomic E-state index is 13.0. The highest BCUT2D eigenvalue weighted by atomic mass is 32.2. The average Bonchev–Trinajstić information content (AvgIpc) is 2.21. The lowest BCUT2D eigenvalue weighted by Crippen LogP contribution is -2.32. The number of nitrogen functional groups attached to an aromatic ring is 1. The molecule has 1 rings (SSSR count). The van der Waals surface area contributed by atoms with Crippen LogP contribution in [0.4, 0.5) is 10.1 Å². The van der Waals surface area contributed by atoms with Crippen LogP contribution in [0.3, 0.4) is 0 Å². The molecule has 0 aliphatic heterocycles. The summed E-state index contributed by atoms with van der Waals surface area (Å²) in [6, 6.07) is 2.74. The maximum Gasteiger partial charge on any atom is 0.242 e. The van der Waals surface area contributed by atoms with Crippen LogP contribution in [0.2, 0.25) is 0 Å². The standard InChI is InChI=1S/C11H13FN2O2S/c1-3-4-8(2)14-17(15,16)11-7-9(12)5-6-10(11)13/h1,5-8,14H,4,13H2,2H3. The molecule has 0 amide bonds. The van der Waals surface area contributed by atoms with Crippen molar-refractivity contribution < 1.29 is 12.8 Å². The highest BCUT2D eigenvalue weighted by Crippen LogP contribution is 2.19. The fourth-order valence-electron chi connectivity index (χ4n) is 1.29. The molecule has 0 aromatic heterocycles. The van der Waals surface area contributed by atoms with E-state index in [1.165, 1.54) is 6.07 Å². The quantitative estimate of drug-likeness (QED) is 0.626. The van der Waals surface area contributed by atoms with E-state index in [0.29, 0.717) is 0 Å². The number of nitrogens with two attached hydrogens (primary N) is 1. The van der Waals surface area contributed by atoms with Crippen molar-refractivity contribution >= 4 is 15.7 Å². The van der Waals surface area contributed by atoms with Crippen molar-refractivity contribution in [3.63, 3.8) is 0 Å². The van der Waals surface area contributed by atoms with Gasteiger partial charge in [-0.2, -0.15) is 0 Å². The molecule has 0 radical (unpaired) electrons. The van der Waals surface area contributed by atoms with Crippen LogP contribution in [0.1, 0.15) is 13.3 Å². The van der Waals surface area contributed by atoms with Crippen molar-refractivity contribution in [1.29, 1.82) is 0 Å². The van der Waals surface area contributed by atoms with Gasteiger partial charge in [-0.1, -0.05) is 0 Å². The van der Waals surface area contributed by atoms with E-state index in [2.05, 4.69) is 10.6 Å². The fraction of sp³-hybridized carbons (Fsp3) is 0.273. The van der Waals surface area contributed by atoms with Gasteiger partial charge in [-0.05, 0) is 25.1 Å². The van der Waals surface area contributed by atoms with Gasteiger partial charge in [-0.25, -0.2) is 17.5 Å². The number of nitrogens with one attached hydrogen (secondary N) is 1. The van der Waals surface area contributed by atoms with Gasteiger partial charge >= 0.3 is 0 Å². The minimum Gasteiger partial charge on any atom is -0.398 e. The molecule has 0 fully saturated rings. The number of rotatable bonds is 4. The number of benzene rings is 1. The largest absolute Gasteiger partial charge is 0.398 e. The third kappa shape index (κ3) is 3.44. The van der Waals surface area contributed by atoms with Crippen molar-refractivity contribution in [1.82, 2.24) is 4.72 Å². The molecule has 0 aliphatic rings. The molecule has 0 aliphatic carbocycles. The first-order valence-electron chi connectivity index (χ1n) is 4.87. The molecule has 6 heteroatoms. The Kier molecular flexibility index (Phi) is 4.10. The molecule has 0 spiro atoms. The number of anilines is 1. The molecule has 1 atom stereocenters. The summed E-state index contributed by atoms with van der Waals surface area (Å²) in [6.07, 6.45) is 5.32. The number of terminal acetylenes is 1. The van der Waals surface area contributed by atoms with Crippen molar-refractivity contribution in [3.05, 3.63) is 24.0 Å². The highest BCUT2D eigenvalue weighted by molar-refractivity contribution is 7.89. The summed E-state index contributed by atoms with van der Waals surface area (Å²) in [4.78, 5) is -0.277. The van der Waals surface area contributed by atoms with Crippen LogP contribution in [0.5, 0.6) is 0 Å². The van der Waals surface area contributed by atoms with E-state index in [9.17, 15) is 12.8 Å². The normalized spacial score (nSPS) is 13.0. The van der Waals surface area contributed by atoms with Gasteiger partial charge in [0.1, 0.15) is 10.7 Å². The molecule has 4 nitrogen and oxygen atoms in total. The monoisotopic (exact) mass is 256 g/mol. The summed E-state index contributed by atoms with van der Waals surface area (Å²) in [6.45, 7) is 1.62. The van der Waals surface area contributed by atoms with E-state index < -0.39 is 21.9 Å². The summed E-state index contributed by atoms with van der Waals surface area (Å²) in [5.74, 6) is 1.67. The maximum atomic E-state index is 13.0. The lowest BCUT2D eigenvalue weighted by molar-refractivity contribution is 0.561. The zero-order valence-corrected chi connectivity index (χ0v) is 10.1. The molecule has 1 unspecified atom stereocenters.